The van der Waals surface area contributed by atoms with Crippen LogP contribution < -0.4 is 0 Å². The second-order valence-corrected chi connectivity index (χ2v) is 5.86. The molecule has 1 unspecified atom stereocenters. The normalized spacial score (nSPS) is 20.1. The van der Waals surface area contributed by atoms with E-state index in [9.17, 15) is 0 Å². The van der Waals surface area contributed by atoms with E-state index >= 15 is 0 Å². The maximum absolute atomic E-state index is 5.38. The number of nitrogens with one attached hydrogen (secondary N) is 1. The molecule has 1 fully saturated rings. The Bertz CT molecular complexity index is 618. The molecule has 2 aromatic heterocycles. The molecule has 0 aromatic carbocycles. The van der Waals surface area contributed by atoms with Crippen molar-refractivity contribution in [3.63, 3.8) is 0 Å². The standard InChI is InChI=1S/C14H19N5S/c1-18-7-3-4-11(9-18)10-19-13(16-17-14(19)20)12-5-2-6-15-8-12/h2,5-6,8,11H,3-4,7,9-10H2,1H3,(H,17,20). The third-order valence-electron chi connectivity index (χ3n) is 3.84. The predicted molar refractivity (Wildman–Crippen MR) is 80.9 cm³/mol. The summed E-state index contributed by atoms with van der Waals surface area (Å²) in [5.41, 5.74) is 1.00. The molecule has 0 bridgehead atoms. The van der Waals surface area contributed by atoms with Gasteiger partial charge in [-0.2, -0.15) is 5.10 Å². The molecule has 1 saturated heterocycles. The van der Waals surface area contributed by atoms with Gasteiger partial charge in [0.15, 0.2) is 10.6 Å². The van der Waals surface area contributed by atoms with Crippen LogP contribution in [0.15, 0.2) is 24.5 Å². The Balaban J connectivity index is 1.86. The molecule has 0 spiro atoms. The van der Waals surface area contributed by atoms with Crippen LogP contribution in [0.3, 0.4) is 0 Å². The van der Waals surface area contributed by atoms with Gasteiger partial charge in [-0.05, 0) is 56.7 Å². The lowest BCUT2D eigenvalue weighted by Crippen LogP contribution is -2.34. The highest BCUT2D eigenvalue weighted by atomic mass is 32.1. The summed E-state index contributed by atoms with van der Waals surface area (Å²) in [7, 11) is 2.18. The third kappa shape index (κ3) is 2.81. The van der Waals surface area contributed by atoms with E-state index in [1.807, 2.05) is 18.3 Å². The van der Waals surface area contributed by atoms with Crippen LogP contribution in [0.2, 0.25) is 0 Å². The van der Waals surface area contributed by atoms with Crippen molar-refractivity contribution in [2.24, 2.45) is 5.92 Å². The first-order chi connectivity index (χ1) is 9.74. The van der Waals surface area contributed by atoms with Crippen molar-refractivity contribution in [1.29, 1.82) is 0 Å². The fourth-order valence-corrected chi connectivity index (χ4v) is 3.09. The molecule has 0 aliphatic carbocycles. The van der Waals surface area contributed by atoms with Gasteiger partial charge in [0.25, 0.3) is 0 Å². The van der Waals surface area contributed by atoms with E-state index in [0.29, 0.717) is 10.7 Å². The SMILES string of the molecule is CN1CCCC(Cn2c(-c3cccnc3)n[nH]c2=S)C1. The summed E-state index contributed by atoms with van der Waals surface area (Å²) < 4.78 is 2.80. The molecule has 1 atom stereocenters. The second kappa shape index (κ2) is 5.85. The second-order valence-electron chi connectivity index (χ2n) is 5.48. The Hall–Kier alpha value is -1.53. The molecule has 0 radical (unpaired) electrons. The van der Waals surface area contributed by atoms with Crippen LogP contribution in [0.4, 0.5) is 0 Å². The van der Waals surface area contributed by atoms with Crippen LogP contribution in [0.25, 0.3) is 11.4 Å². The van der Waals surface area contributed by atoms with E-state index in [2.05, 4.69) is 31.7 Å². The van der Waals surface area contributed by atoms with Gasteiger partial charge in [0.2, 0.25) is 0 Å². The minimum absolute atomic E-state index is 0.633. The molecular formula is C14H19N5S. The molecule has 1 aliphatic heterocycles. The van der Waals surface area contributed by atoms with E-state index in [4.69, 9.17) is 12.2 Å². The molecular weight excluding hydrogens is 270 g/mol. The largest absolute Gasteiger partial charge is 0.306 e. The molecule has 3 heterocycles. The number of nitrogens with zero attached hydrogens (tertiary/aromatic N) is 4. The number of piperidine rings is 1. The summed E-state index contributed by atoms with van der Waals surface area (Å²) in [6.45, 7) is 3.24. The number of likely N-dealkylation sites (tertiary alicyclic amines) is 1. The fourth-order valence-electron chi connectivity index (χ4n) is 2.88. The van der Waals surface area contributed by atoms with Crippen LogP contribution in [-0.2, 0) is 6.54 Å². The zero-order valence-corrected chi connectivity index (χ0v) is 12.4. The van der Waals surface area contributed by atoms with E-state index in [1.54, 1.807) is 6.20 Å². The van der Waals surface area contributed by atoms with Crippen LogP contribution >= 0.6 is 12.2 Å². The topological polar surface area (TPSA) is 49.7 Å². The Morgan fingerprint density at radius 1 is 1.50 bits per heavy atom. The van der Waals surface area contributed by atoms with Gasteiger partial charge in [0.05, 0.1) is 0 Å². The number of pyridine rings is 1. The molecule has 3 rings (SSSR count). The summed E-state index contributed by atoms with van der Waals surface area (Å²) in [5, 5.41) is 7.27. The Kier molecular flexibility index (Phi) is 3.93. The average molecular weight is 289 g/mol. The lowest BCUT2D eigenvalue weighted by Gasteiger charge is -2.30. The summed E-state index contributed by atoms with van der Waals surface area (Å²) >= 11 is 5.38. The van der Waals surface area contributed by atoms with Gasteiger partial charge < -0.3 is 4.90 Å². The van der Waals surface area contributed by atoms with Crippen molar-refractivity contribution >= 4 is 12.2 Å². The fraction of sp³-hybridized carbons (Fsp3) is 0.500. The highest BCUT2D eigenvalue weighted by molar-refractivity contribution is 7.71. The first-order valence-electron chi connectivity index (χ1n) is 6.98. The number of aromatic amines is 1. The monoisotopic (exact) mass is 289 g/mol. The minimum Gasteiger partial charge on any atom is -0.306 e. The molecule has 5 nitrogen and oxygen atoms in total. The van der Waals surface area contributed by atoms with Crippen molar-refractivity contribution < 1.29 is 0 Å². The van der Waals surface area contributed by atoms with Crippen molar-refractivity contribution in [3.8, 4) is 11.4 Å². The lowest BCUT2D eigenvalue weighted by atomic mass is 9.98. The first-order valence-corrected chi connectivity index (χ1v) is 7.39. The molecule has 20 heavy (non-hydrogen) atoms. The van der Waals surface area contributed by atoms with Gasteiger partial charge >= 0.3 is 0 Å². The highest BCUT2D eigenvalue weighted by Gasteiger charge is 2.20. The minimum atomic E-state index is 0.633. The van der Waals surface area contributed by atoms with E-state index in [0.717, 1.165) is 24.5 Å². The Morgan fingerprint density at radius 3 is 3.15 bits per heavy atom. The lowest BCUT2D eigenvalue weighted by molar-refractivity contribution is 0.194. The first kappa shape index (κ1) is 13.5. The van der Waals surface area contributed by atoms with Crippen LogP contribution in [-0.4, -0.2) is 44.8 Å². The Labute approximate surface area is 123 Å². The number of aromatic nitrogens is 4. The summed E-state index contributed by atoms with van der Waals surface area (Å²) in [6, 6.07) is 3.94. The zero-order chi connectivity index (χ0) is 13.9. The third-order valence-corrected chi connectivity index (χ3v) is 4.15. The van der Waals surface area contributed by atoms with Gasteiger partial charge in [-0.3, -0.25) is 14.6 Å². The van der Waals surface area contributed by atoms with Crippen molar-refractivity contribution in [3.05, 3.63) is 29.3 Å². The quantitative estimate of drug-likeness (QED) is 0.881. The maximum atomic E-state index is 5.38. The summed E-state index contributed by atoms with van der Waals surface area (Å²) in [6.07, 6.45) is 6.11. The van der Waals surface area contributed by atoms with Crippen molar-refractivity contribution in [1.82, 2.24) is 24.6 Å². The molecule has 0 amide bonds. The smallest absolute Gasteiger partial charge is 0.195 e. The zero-order valence-electron chi connectivity index (χ0n) is 11.6. The highest BCUT2D eigenvalue weighted by Crippen LogP contribution is 2.21. The van der Waals surface area contributed by atoms with Crippen LogP contribution in [0, 0.1) is 10.7 Å². The van der Waals surface area contributed by atoms with E-state index in [-0.39, 0.29) is 0 Å². The van der Waals surface area contributed by atoms with Crippen LogP contribution in [0.1, 0.15) is 12.8 Å². The average Bonchev–Trinajstić information content (AvgIpc) is 2.81. The van der Waals surface area contributed by atoms with Gasteiger partial charge in [-0.1, -0.05) is 0 Å². The molecule has 6 heteroatoms. The molecule has 106 valence electrons. The molecule has 1 aliphatic rings. The summed E-state index contributed by atoms with van der Waals surface area (Å²) in [4.78, 5) is 6.55. The van der Waals surface area contributed by atoms with Crippen LogP contribution in [0.5, 0.6) is 0 Å². The van der Waals surface area contributed by atoms with Crippen molar-refractivity contribution in [2.45, 2.75) is 19.4 Å². The molecule has 0 saturated carbocycles. The van der Waals surface area contributed by atoms with Gasteiger partial charge in [-0.25, -0.2) is 0 Å². The number of hydrogen-bond acceptors (Lipinski definition) is 4. The predicted octanol–water partition coefficient (Wildman–Crippen LogP) is 2.34. The van der Waals surface area contributed by atoms with Gasteiger partial charge in [-0.15, -0.1) is 0 Å². The van der Waals surface area contributed by atoms with E-state index < -0.39 is 0 Å². The van der Waals surface area contributed by atoms with Crippen molar-refractivity contribution in [2.75, 3.05) is 20.1 Å². The van der Waals surface area contributed by atoms with E-state index in [1.165, 1.54) is 19.4 Å². The number of H-pyrrole nitrogens is 1. The maximum Gasteiger partial charge on any atom is 0.195 e. The number of rotatable bonds is 3. The molecule has 2 aromatic rings. The van der Waals surface area contributed by atoms with Gasteiger partial charge in [0, 0.05) is 31.0 Å². The summed E-state index contributed by atoms with van der Waals surface area (Å²) in [5.74, 6) is 1.52. The Morgan fingerprint density at radius 2 is 2.40 bits per heavy atom. The number of hydrogen-bond donors (Lipinski definition) is 1. The molecule has 1 N–H and O–H groups in total. The van der Waals surface area contributed by atoms with Gasteiger partial charge in [0.1, 0.15) is 0 Å².